The Morgan fingerprint density at radius 1 is 1.05 bits per heavy atom. The fraction of sp³-hybridized carbons (Fsp3) is 0.176. The molecule has 114 valence electrons. The lowest BCUT2D eigenvalue weighted by atomic mass is 10.1. The molecule has 0 saturated carbocycles. The number of nitrogens with one attached hydrogen (secondary N) is 2. The number of hydrogen-bond donors (Lipinski definition) is 2. The van der Waals surface area contributed by atoms with Gasteiger partial charge in [-0.25, -0.2) is 4.39 Å². The molecule has 0 spiro atoms. The summed E-state index contributed by atoms with van der Waals surface area (Å²) in [7, 11) is 0. The first-order chi connectivity index (χ1) is 10.5. The highest BCUT2D eigenvalue weighted by atomic mass is 19.1. The molecule has 0 aliphatic heterocycles. The van der Waals surface area contributed by atoms with E-state index in [-0.39, 0.29) is 17.4 Å². The second kappa shape index (κ2) is 6.85. The molecule has 0 aromatic heterocycles. The molecule has 2 aromatic carbocycles. The van der Waals surface area contributed by atoms with E-state index >= 15 is 0 Å². The summed E-state index contributed by atoms with van der Waals surface area (Å²) in [6.07, 6.45) is 0. The van der Waals surface area contributed by atoms with Crippen molar-refractivity contribution in [2.45, 2.75) is 19.9 Å². The van der Waals surface area contributed by atoms with E-state index in [0.29, 0.717) is 11.3 Å². The van der Waals surface area contributed by atoms with E-state index in [1.165, 1.54) is 13.0 Å². The van der Waals surface area contributed by atoms with Gasteiger partial charge in [-0.2, -0.15) is 0 Å². The van der Waals surface area contributed by atoms with Gasteiger partial charge in [0.1, 0.15) is 11.9 Å². The molecular formula is C17H17FN2O2. The summed E-state index contributed by atoms with van der Waals surface area (Å²) in [6, 6.07) is 12.2. The maximum Gasteiger partial charge on any atom is 0.246 e. The second-order valence-electron chi connectivity index (χ2n) is 4.97. The summed E-state index contributed by atoms with van der Waals surface area (Å²) in [5.74, 6) is -0.737. The fourth-order valence-electron chi connectivity index (χ4n) is 1.92. The Hall–Kier alpha value is -2.69. The van der Waals surface area contributed by atoms with Gasteiger partial charge in [0, 0.05) is 11.3 Å². The van der Waals surface area contributed by atoms with Crippen molar-refractivity contribution in [3.63, 3.8) is 0 Å². The van der Waals surface area contributed by atoms with Crippen LogP contribution < -0.4 is 10.6 Å². The summed E-state index contributed by atoms with van der Waals surface area (Å²) in [5.41, 5.74) is 1.43. The fourth-order valence-corrected chi connectivity index (χ4v) is 1.92. The van der Waals surface area contributed by atoms with Gasteiger partial charge in [0.2, 0.25) is 5.91 Å². The molecule has 22 heavy (non-hydrogen) atoms. The number of carbonyl (C=O) groups excluding carboxylic acids is 2. The van der Waals surface area contributed by atoms with E-state index in [4.69, 9.17) is 0 Å². The lowest BCUT2D eigenvalue weighted by molar-refractivity contribution is -0.116. The van der Waals surface area contributed by atoms with Crippen molar-refractivity contribution in [2.75, 3.05) is 10.6 Å². The summed E-state index contributed by atoms with van der Waals surface area (Å²) in [5, 5.41) is 5.53. The van der Waals surface area contributed by atoms with Gasteiger partial charge in [0.25, 0.3) is 0 Å². The molecule has 2 rings (SSSR count). The van der Waals surface area contributed by atoms with E-state index in [2.05, 4.69) is 10.6 Å². The summed E-state index contributed by atoms with van der Waals surface area (Å²) >= 11 is 0. The van der Waals surface area contributed by atoms with Crippen molar-refractivity contribution in [3.8, 4) is 0 Å². The van der Waals surface area contributed by atoms with Crippen LogP contribution in [0.1, 0.15) is 24.2 Å². The predicted octanol–water partition coefficient (Wildman–Crippen LogP) is 3.47. The van der Waals surface area contributed by atoms with Crippen LogP contribution in [0.2, 0.25) is 0 Å². The minimum atomic E-state index is -0.607. The smallest absolute Gasteiger partial charge is 0.246 e. The van der Waals surface area contributed by atoms with Crippen LogP contribution in [0, 0.1) is 5.82 Å². The molecule has 0 aliphatic carbocycles. The predicted molar refractivity (Wildman–Crippen MR) is 84.6 cm³/mol. The van der Waals surface area contributed by atoms with Gasteiger partial charge in [0.05, 0.1) is 5.69 Å². The van der Waals surface area contributed by atoms with E-state index in [1.807, 2.05) is 0 Å². The van der Waals surface area contributed by atoms with Crippen LogP contribution in [0.15, 0.2) is 48.5 Å². The zero-order chi connectivity index (χ0) is 16.1. The van der Waals surface area contributed by atoms with Crippen LogP contribution in [0.4, 0.5) is 15.8 Å². The Morgan fingerprint density at radius 3 is 2.27 bits per heavy atom. The van der Waals surface area contributed by atoms with Gasteiger partial charge in [0.15, 0.2) is 5.78 Å². The van der Waals surface area contributed by atoms with Crippen molar-refractivity contribution in [3.05, 3.63) is 59.9 Å². The second-order valence-corrected chi connectivity index (χ2v) is 4.97. The molecular weight excluding hydrogens is 283 g/mol. The first-order valence-corrected chi connectivity index (χ1v) is 6.90. The van der Waals surface area contributed by atoms with Gasteiger partial charge in [-0.3, -0.25) is 9.59 Å². The number of halogens is 1. The van der Waals surface area contributed by atoms with E-state index in [9.17, 15) is 14.0 Å². The molecule has 0 saturated heterocycles. The van der Waals surface area contributed by atoms with E-state index < -0.39 is 11.9 Å². The highest BCUT2D eigenvalue weighted by Gasteiger charge is 2.14. The quantitative estimate of drug-likeness (QED) is 0.831. The van der Waals surface area contributed by atoms with Crippen LogP contribution in [-0.2, 0) is 4.79 Å². The monoisotopic (exact) mass is 300 g/mol. The van der Waals surface area contributed by atoms with Crippen molar-refractivity contribution in [1.29, 1.82) is 0 Å². The van der Waals surface area contributed by atoms with Crippen molar-refractivity contribution in [2.24, 2.45) is 0 Å². The average Bonchev–Trinajstić information content (AvgIpc) is 2.50. The summed E-state index contributed by atoms with van der Waals surface area (Å²) in [4.78, 5) is 23.3. The Kier molecular flexibility index (Phi) is 4.88. The first kappa shape index (κ1) is 15.7. The maximum absolute atomic E-state index is 13.5. The van der Waals surface area contributed by atoms with E-state index in [0.717, 1.165) is 0 Å². The third-order valence-electron chi connectivity index (χ3n) is 3.20. The molecule has 1 unspecified atom stereocenters. The highest BCUT2D eigenvalue weighted by molar-refractivity contribution is 5.97. The molecule has 1 amide bonds. The molecule has 0 bridgehead atoms. The van der Waals surface area contributed by atoms with Gasteiger partial charge in [-0.1, -0.05) is 12.1 Å². The summed E-state index contributed by atoms with van der Waals surface area (Å²) in [6.45, 7) is 3.12. The van der Waals surface area contributed by atoms with Gasteiger partial charge in [-0.15, -0.1) is 0 Å². The molecule has 0 radical (unpaired) electrons. The van der Waals surface area contributed by atoms with Crippen molar-refractivity contribution < 1.29 is 14.0 Å². The largest absolute Gasteiger partial charge is 0.372 e. The molecule has 0 heterocycles. The van der Waals surface area contributed by atoms with Crippen LogP contribution in [-0.4, -0.2) is 17.7 Å². The Balaban J connectivity index is 1.99. The van der Waals surface area contributed by atoms with Crippen LogP contribution in [0.25, 0.3) is 0 Å². The van der Waals surface area contributed by atoms with Gasteiger partial charge in [-0.05, 0) is 50.2 Å². The Morgan fingerprint density at radius 2 is 1.68 bits per heavy atom. The van der Waals surface area contributed by atoms with Gasteiger partial charge >= 0.3 is 0 Å². The lowest BCUT2D eigenvalue weighted by Crippen LogP contribution is -2.32. The Labute approximate surface area is 128 Å². The average molecular weight is 300 g/mol. The lowest BCUT2D eigenvalue weighted by Gasteiger charge is -2.15. The van der Waals surface area contributed by atoms with Gasteiger partial charge < -0.3 is 10.6 Å². The number of carbonyl (C=O) groups is 2. The molecule has 1 atom stereocenters. The van der Waals surface area contributed by atoms with Crippen molar-refractivity contribution in [1.82, 2.24) is 0 Å². The number of rotatable bonds is 5. The number of anilines is 2. The summed E-state index contributed by atoms with van der Waals surface area (Å²) < 4.78 is 13.5. The van der Waals surface area contributed by atoms with E-state index in [1.54, 1.807) is 49.4 Å². The Bertz CT molecular complexity index is 683. The minimum Gasteiger partial charge on any atom is -0.372 e. The number of benzene rings is 2. The first-order valence-electron chi connectivity index (χ1n) is 6.90. The minimum absolute atomic E-state index is 0.0348. The third-order valence-corrected chi connectivity index (χ3v) is 3.20. The highest BCUT2D eigenvalue weighted by Crippen LogP contribution is 2.15. The maximum atomic E-state index is 13.5. The molecule has 2 N–H and O–H groups in total. The molecule has 2 aromatic rings. The van der Waals surface area contributed by atoms with Crippen LogP contribution in [0.3, 0.4) is 0 Å². The molecule has 0 aliphatic rings. The molecule has 4 nitrogen and oxygen atoms in total. The number of Topliss-reactive ketones (excluding diaryl/α,β-unsaturated/α-hetero) is 1. The SMILES string of the molecule is CC(=O)c1ccc(NC(=O)C(C)Nc2ccccc2F)cc1. The van der Waals surface area contributed by atoms with Crippen molar-refractivity contribution >= 4 is 23.1 Å². The number of para-hydroxylation sites is 1. The zero-order valence-corrected chi connectivity index (χ0v) is 12.4. The number of hydrogen-bond acceptors (Lipinski definition) is 3. The van der Waals surface area contributed by atoms with Crippen LogP contribution >= 0.6 is 0 Å². The van der Waals surface area contributed by atoms with Crippen LogP contribution in [0.5, 0.6) is 0 Å². The number of ketones is 1. The zero-order valence-electron chi connectivity index (χ0n) is 12.4. The topological polar surface area (TPSA) is 58.2 Å². The molecule has 0 fully saturated rings. The standard InChI is InChI=1S/C17H17FN2O2/c1-11(19-16-6-4-3-5-15(16)18)17(22)20-14-9-7-13(8-10-14)12(2)21/h3-11,19H,1-2H3,(H,20,22). The normalized spacial score (nSPS) is 11.6. The number of amides is 1. The third kappa shape index (κ3) is 3.91. The molecule has 5 heteroatoms.